The van der Waals surface area contributed by atoms with Gasteiger partial charge in [-0.1, -0.05) is 30.0 Å². The highest BCUT2D eigenvalue weighted by atomic mass is 32.2. The van der Waals surface area contributed by atoms with Crippen molar-refractivity contribution in [3.8, 4) is 11.4 Å². The van der Waals surface area contributed by atoms with Gasteiger partial charge in [-0.2, -0.15) is 0 Å². The Bertz CT molecular complexity index is 1460. The fraction of sp³-hybridized carbons (Fsp3) is 0.208. The number of carbonyl (C=O) groups excluding carboxylic acids is 1. The Hall–Kier alpha value is -4.12. The summed E-state index contributed by atoms with van der Waals surface area (Å²) >= 11 is 1.24. The lowest BCUT2D eigenvalue weighted by molar-refractivity contribution is -0.113. The number of hydrogen-bond donors (Lipinski definition) is 3. The molecular weight excluding hydrogens is 468 g/mol. The third-order valence-corrected chi connectivity index (χ3v) is 6.09. The minimum atomic E-state index is -0.589. The topological polar surface area (TPSA) is 135 Å². The lowest BCUT2D eigenvalue weighted by atomic mass is 10.1. The second-order valence-corrected chi connectivity index (χ2v) is 8.83. The van der Waals surface area contributed by atoms with E-state index in [1.165, 1.54) is 17.8 Å². The summed E-state index contributed by atoms with van der Waals surface area (Å²) in [4.78, 5) is 40.9. The Morgan fingerprint density at radius 3 is 2.69 bits per heavy atom. The molecule has 0 saturated carbocycles. The fourth-order valence-corrected chi connectivity index (χ4v) is 4.29. The van der Waals surface area contributed by atoms with E-state index in [0.29, 0.717) is 28.1 Å². The van der Waals surface area contributed by atoms with Gasteiger partial charge < -0.3 is 15.0 Å². The van der Waals surface area contributed by atoms with Crippen LogP contribution in [0.2, 0.25) is 0 Å². The van der Waals surface area contributed by atoms with Gasteiger partial charge in [0.2, 0.25) is 5.91 Å². The van der Waals surface area contributed by atoms with E-state index < -0.39 is 11.2 Å². The summed E-state index contributed by atoms with van der Waals surface area (Å²) in [6.07, 6.45) is 0.177. The number of rotatable bonds is 8. The Labute approximate surface area is 204 Å². The molecule has 2 heterocycles. The van der Waals surface area contributed by atoms with Crippen molar-refractivity contribution < 1.29 is 9.53 Å². The number of H-pyrrole nitrogens is 2. The number of methoxy groups -OCH3 is 1. The van der Waals surface area contributed by atoms with Gasteiger partial charge in [-0.15, -0.1) is 10.2 Å². The minimum Gasteiger partial charge on any atom is -0.497 e. The molecule has 35 heavy (non-hydrogen) atoms. The summed E-state index contributed by atoms with van der Waals surface area (Å²) in [5, 5.41) is 12.0. The molecule has 0 radical (unpaired) electrons. The molecule has 11 heteroatoms. The van der Waals surface area contributed by atoms with Gasteiger partial charge in [0.1, 0.15) is 11.6 Å². The van der Waals surface area contributed by atoms with E-state index in [1.54, 1.807) is 31.4 Å². The molecule has 0 aliphatic carbocycles. The summed E-state index contributed by atoms with van der Waals surface area (Å²) in [7, 11) is 1.57. The SMILES string of the molecule is COc1cccc(NC(=O)CSc2nnc(Cc3cc(=O)[nH]c(=O)[nH]3)n2-c2cc(C)ccc2C)c1. The molecule has 1 amide bonds. The summed E-state index contributed by atoms with van der Waals surface area (Å²) in [5.74, 6) is 1.06. The van der Waals surface area contributed by atoms with Crippen molar-refractivity contribution in [3.05, 3.63) is 92.0 Å². The Morgan fingerprint density at radius 2 is 1.91 bits per heavy atom. The Morgan fingerprint density at radius 1 is 1.09 bits per heavy atom. The number of thioether (sulfide) groups is 1. The van der Waals surface area contributed by atoms with E-state index in [2.05, 4.69) is 25.5 Å². The molecule has 10 nitrogen and oxygen atoms in total. The number of aryl methyl sites for hydroxylation is 2. The van der Waals surface area contributed by atoms with Crippen LogP contribution in [-0.4, -0.2) is 43.5 Å². The van der Waals surface area contributed by atoms with E-state index in [9.17, 15) is 14.4 Å². The van der Waals surface area contributed by atoms with Gasteiger partial charge in [-0.05, 0) is 43.2 Å². The summed E-state index contributed by atoms with van der Waals surface area (Å²) in [6, 6.07) is 14.4. The molecule has 4 aromatic rings. The van der Waals surface area contributed by atoms with Crippen molar-refractivity contribution >= 4 is 23.4 Å². The average molecular weight is 493 g/mol. The molecule has 0 bridgehead atoms. The zero-order valence-electron chi connectivity index (χ0n) is 19.4. The zero-order chi connectivity index (χ0) is 24.9. The summed E-state index contributed by atoms with van der Waals surface area (Å²) in [5.41, 5.74) is 2.84. The van der Waals surface area contributed by atoms with Crippen LogP contribution in [0.5, 0.6) is 5.75 Å². The van der Waals surface area contributed by atoms with E-state index in [-0.39, 0.29) is 18.1 Å². The van der Waals surface area contributed by atoms with Crippen LogP contribution in [0.4, 0.5) is 5.69 Å². The second kappa shape index (κ2) is 10.4. The number of aromatic amines is 2. The van der Waals surface area contributed by atoms with Gasteiger partial charge in [0, 0.05) is 29.9 Å². The van der Waals surface area contributed by atoms with Crippen molar-refractivity contribution in [2.24, 2.45) is 0 Å². The fourth-order valence-electron chi connectivity index (χ4n) is 3.52. The second-order valence-electron chi connectivity index (χ2n) is 7.88. The summed E-state index contributed by atoms with van der Waals surface area (Å²) in [6.45, 7) is 3.95. The largest absolute Gasteiger partial charge is 0.497 e. The highest BCUT2D eigenvalue weighted by molar-refractivity contribution is 7.99. The van der Waals surface area contributed by atoms with Gasteiger partial charge in [0.15, 0.2) is 5.16 Å². The maximum Gasteiger partial charge on any atom is 0.325 e. The lowest BCUT2D eigenvalue weighted by Gasteiger charge is -2.14. The van der Waals surface area contributed by atoms with Crippen molar-refractivity contribution in [1.82, 2.24) is 24.7 Å². The number of nitrogens with zero attached hydrogens (tertiary/aromatic N) is 3. The predicted octanol–water partition coefficient (Wildman–Crippen LogP) is 2.59. The third kappa shape index (κ3) is 5.87. The maximum absolute atomic E-state index is 12.6. The third-order valence-electron chi connectivity index (χ3n) is 5.16. The van der Waals surface area contributed by atoms with Crippen LogP contribution < -0.4 is 21.3 Å². The molecule has 0 fully saturated rings. The normalized spacial score (nSPS) is 10.8. The standard InChI is InChI=1S/C24H24N6O4S/c1-14-7-8-15(2)19(9-14)30-20(11-17-12-21(31)27-23(33)26-17)28-29-24(30)35-13-22(32)25-16-5-4-6-18(10-16)34-3/h4-10,12H,11,13H2,1-3H3,(H,25,32)(H2,26,27,31,33). The number of carbonyl (C=O) groups is 1. The number of amides is 1. The van der Waals surface area contributed by atoms with Gasteiger partial charge in [-0.25, -0.2) is 4.79 Å². The highest BCUT2D eigenvalue weighted by Gasteiger charge is 2.18. The number of aromatic nitrogens is 5. The number of hydrogen-bond acceptors (Lipinski definition) is 7. The van der Waals surface area contributed by atoms with E-state index in [4.69, 9.17) is 4.74 Å². The number of anilines is 1. The van der Waals surface area contributed by atoms with Gasteiger partial charge in [0.05, 0.1) is 18.6 Å². The first kappa shape index (κ1) is 24.0. The Balaban J connectivity index is 1.62. The number of ether oxygens (including phenoxy) is 1. The molecule has 0 spiro atoms. The van der Waals surface area contributed by atoms with Crippen LogP contribution in [0.15, 0.2) is 63.3 Å². The summed E-state index contributed by atoms with van der Waals surface area (Å²) < 4.78 is 7.05. The molecule has 2 aromatic heterocycles. The average Bonchev–Trinajstić information content (AvgIpc) is 3.20. The van der Waals surface area contributed by atoms with Crippen LogP contribution >= 0.6 is 11.8 Å². The number of benzene rings is 2. The molecule has 180 valence electrons. The van der Waals surface area contributed by atoms with Crippen LogP contribution in [0, 0.1) is 13.8 Å². The molecule has 0 unspecified atom stereocenters. The molecule has 3 N–H and O–H groups in total. The molecular formula is C24H24N6O4S. The predicted molar refractivity (Wildman–Crippen MR) is 134 cm³/mol. The van der Waals surface area contributed by atoms with Gasteiger partial charge in [-0.3, -0.25) is 19.1 Å². The minimum absolute atomic E-state index is 0.0993. The van der Waals surface area contributed by atoms with E-state index in [1.807, 2.05) is 36.6 Å². The van der Waals surface area contributed by atoms with E-state index in [0.717, 1.165) is 16.8 Å². The lowest BCUT2D eigenvalue weighted by Crippen LogP contribution is -2.23. The number of nitrogens with one attached hydrogen (secondary N) is 3. The van der Waals surface area contributed by atoms with Gasteiger partial charge in [0.25, 0.3) is 5.56 Å². The van der Waals surface area contributed by atoms with Crippen LogP contribution in [0.25, 0.3) is 5.69 Å². The van der Waals surface area contributed by atoms with E-state index >= 15 is 0 Å². The first-order valence-electron chi connectivity index (χ1n) is 10.7. The zero-order valence-corrected chi connectivity index (χ0v) is 20.2. The molecule has 0 aliphatic rings. The quantitative estimate of drug-likeness (QED) is 0.322. The van der Waals surface area contributed by atoms with Crippen LogP contribution in [0.3, 0.4) is 0 Å². The molecule has 0 atom stereocenters. The van der Waals surface area contributed by atoms with Crippen LogP contribution in [0.1, 0.15) is 22.6 Å². The first-order chi connectivity index (χ1) is 16.8. The molecule has 4 rings (SSSR count). The molecule has 0 saturated heterocycles. The van der Waals surface area contributed by atoms with Crippen molar-refractivity contribution in [2.45, 2.75) is 25.4 Å². The maximum atomic E-state index is 12.6. The monoisotopic (exact) mass is 492 g/mol. The Kier molecular flexibility index (Phi) is 7.16. The highest BCUT2D eigenvalue weighted by Crippen LogP contribution is 2.26. The molecule has 0 aliphatic heterocycles. The van der Waals surface area contributed by atoms with Crippen molar-refractivity contribution in [1.29, 1.82) is 0 Å². The first-order valence-corrected chi connectivity index (χ1v) is 11.7. The van der Waals surface area contributed by atoms with Crippen LogP contribution in [-0.2, 0) is 11.2 Å². The van der Waals surface area contributed by atoms with Crippen molar-refractivity contribution in [3.63, 3.8) is 0 Å². The van der Waals surface area contributed by atoms with Crippen molar-refractivity contribution in [2.75, 3.05) is 18.2 Å². The van der Waals surface area contributed by atoms with Gasteiger partial charge >= 0.3 is 5.69 Å². The molecule has 2 aromatic carbocycles. The smallest absolute Gasteiger partial charge is 0.325 e.